The average molecular weight is 343 g/mol. The lowest BCUT2D eigenvalue weighted by Gasteiger charge is -2.01. The minimum Gasteiger partial charge on any atom is -0.311 e. The van der Waals surface area contributed by atoms with Crippen molar-refractivity contribution in [1.82, 2.24) is 10.3 Å². The summed E-state index contributed by atoms with van der Waals surface area (Å²) >= 11 is 7.12. The molecule has 0 bridgehead atoms. The van der Waals surface area contributed by atoms with Crippen LogP contribution in [0.25, 0.3) is 0 Å². The lowest BCUT2D eigenvalue weighted by atomic mass is 10.4. The zero-order valence-corrected chi connectivity index (χ0v) is 13.4. The second-order valence-electron chi connectivity index (χ2n) is 3.73. The minimum absolute atomic E-state index is 0.868. The lowest BCUT2D eigenvalue weighted by molar-refractivity contribution is 0.713. The van der Waals surface area contributed by atoms with Gasteiger partial charge in [-0.3, -0.25) is 0 Å². The molecule has 0 aliphatic carbocycles. The second-order valence-corrected chi connectivity index (χ2v) is 6.55. The van der Waals surface area contributed by atoms with E-state index in [1.807, 2.05) is 17.8 Å². The molecule has 96 valence electrons. The van der Waals surface area contributed by atoms with E-state index < -0.39 is 0 Å². The first-order valence-corrected chi connectivity index (χ1v) is 8.46. The van der Waals surface area contributed by atoms with Crippen molar-refractivity contribution in [3.05, 3.63) is 44.8 Å². The molecule has 1 heterocycles. The minimum atomic E-state index is 0.868. The highest BCUT2D eigenvalue weighted by atomic mass is 79.9. The number of halogens is 1. The largest absolute Gasteiger partial charge is 0.311 e. The normalized spacial score (nSPS) is 10.8. The number of thiazole rings is 1. The van der Waals surface area contributed by atoms with Crippen LogP contribution in [0.2, 0.25) is 0 Å². The van der Waals surface area contributed by atoms with Crippen LogP contribution >= 0.6 is 39.0 Å². The van der Waals surface area contributed by atoms with E-state index in [4.69, 9.17) is 0 Å². The zero-order chi connectivity index (χ0) is 12.8. The van der Waals surface area contributed by atoms with Crippen molar-refractivity contribution in [2.45, 2.75) is 24.1 Å². The number of hydrogen-bond donors (Lipinski definition) is 1. The highest BCUT2D eigenvalue weighted by molar-refractivity contribution is 9.10. The summed E-state index contributed by atoms with van der Waals surface area (Å²) in [6.07, 6.45) is 0. The molecule has 2 aromatic rings. The van der Waals surface area contributed by atoms with Crippen LogP contribution in [0.1, 0.15) is 17.6 Å². The lowest BCUT2D eigenvalue weighted by Crippen LogP contribution is -2.11. The molecule has 0 radical (unpaired) electrons. The molecule has 18 heavy (non-hydrogen) atoms. The Balaban J connectivity index is 1.90. The van der Waals surface area contributed by atoms with Gasteiger partial charge in [0.25, 0.3) is 0 Å². The van der Waals surface area contributed by atoms with Crippen LogP contribution in [0.4, 0.5) is 0 Å². The fourth-order valence-corrected chi connectivity index (χ4v) is 3.83. The number of aromatic nitrogens is 1. The molecule has 1 aromatic heterocycles. The quantitative estimate of drug-likeness (QED) is 0.792. The number of nitrogens with zero attached hydrogens (tertiary/aromatic N) is 1. The fraction of sp³-hybridized carbons (Fsp3) is 0.308. The molecule has 2 rings (SSSR count). The van der Waals surface area contributed by atoms with Crippen molar-refractivity contribution >= 4 is 39.0 Å². The third-order valence-electron chi connectivity index (χ3n) is 2.34. The van der Waals surface area contributed by atoms with Crippen LogP contribution in [-0.2, 0) is 12.3 Å². The number of hydrogen-bond acceptors (Lipinski definition) is 4. The SMILES string of the molecule is CCNCc1csc(CSc2ccccc2Br)n1. The van der Waals surface area contributed by atoms with Gasteiger partial charge in [0.1, 0.15) is 5.01 Å². The molecule has 1 aromatic carbocycles. The predicted molar refractivity (Wildman–Crippen MR) is 83.2 cm³/mol. The Morgan fingerprint density at radius 3 is 3.00 bits per heavy atom. The summed E-state index contributed by atoms with van der Waals surface area (Å²) in [5.41, 5.74) is 1.14. The maximum absolute atomic E-state index is 4.61. The molecular weight excluding hydrogens is 328 g/mol. The van der Waals surface area contributed by atoms with Crippen molar-refractivity contribution in [3.63, 3.8) is 0 Å². The van der Waals surface area contributed by atoms with Gasteiger partial charge in [0.05, 0.1) is 11.4 Å². The van der Waals surface area contributed by atoms with Gasteiger partial charge in [0, 0.05) is 21.3 Å². The van der Waals surface area contributed by atoms with Crippen LogP contribution in [-0.4, -0.2) is 11.5 Å². The molecular formula is C13H15BrN2S2. The summed E-state index contributed by atoms with van der Waals surface area (Å²) in [6, 6.07) is 8.29. The summed E-state index contributed by atoms with van der Waals surface area (Å²) in [5, 5.41) is 6.61. The first kappa shape index (κ1) is 14.1. The number of benzene rings is 1. The van der Waals surface area contributed by atoms with E-state index in [0.29, 0.717) is 0 Å². The molecule has 0 atom stereocenters. The van der Waals surface area contributed by atoms with E-state index in [1.54, 1.807) is 11.3 Å². The highest BCUT2D eigenvalue weighted by Gasteiger charge is 2.04. The van der Waals surface area contributed by atoms with Crippen molar-refractivity contribution in [3.8, 4) is 0 Å². The zero-order valence-electron chi connectivity index (χ0n) is 10.1. The smallest absolute Gasteiger partial charge is 0.103 e. The first-order valence-electron chi connectivity index (χ1n) is 5.81. The second kappa shape index (κ2) is 7.28. The highest BCUT2D eigenvalue weighted by Crippen LogP contribution is 2.30. The maximum Gasteiger partial charge on any atom is 0.103 e. The molecule has 0 spiro atoms. The van der Waals surface area contributed by atoms with Gasteiger partial charge in [-0.1, -0.05) is 19.1 Å². The average Bonchev–Trinajstić information content (AvgIpc) is 2.83. The molecule has 2 nitrogen and oxygen atoms in total. The molecule has 0 aliphatic heterocycles. The van der Waals surface area contributed by atoms with Crippen molar-refractivity contribution < 1.29 is 0 Å². The topological polar surface area (TPSA) is 24.9 Å². The summed E-state index contributed by atoms with van der Waals surface area (Å²) in [5.74, 6) is 0.930. The predicted octanol–water partition coefficient (Wildman–Crippen LogP) is 4.31. The Morgan fingerprint density at radius 1 is 1.39 bits per heavy atom. The molecule has 0 unspecified atom stereocenters. The van der Waals surface area contributed by atoms with E-state index in [2.05, 4.69) is 56.7 Å². The Hall–Kier alpha value is -0.360. The van der Waals surface area contributed by atoms with Gasteiger partial charge in [0.2, 0.25) is 0 Å². The van der Waals surface area contributed by atoms with Gasteiger partial charge in [-0.2, -0.15) is 0 Å². The van der Waals surface area contributed by atoms with Crippen LogP contribution in [0.3, 0.4) is 0 Å². The Kier molecular flexibility index (Phi) is 5.69. The molecule has 0 amide bonds. The maximum atomic E-state index is 4.61. The summed E-state index contributed by atoms with van der Waals surface area (Å²) in [7, 11) is 0. The third-order valence-corrected chi connectivity index (χ3v) is 5.46. The molecule has 5 heteroatoms. The fourth-order valence-electron chi connectivity index (χ4n) is 1.45. The Bertz CT molecular complexity index is 499. The van der Waals surface area contributed by atoms with Crippen molar-refractivity contribution in [2.75, 3.05) is 6.54 Å². The monoisotopic (exact) mass is 342 g/mol. The number of thioether (sulfide) groups is 1. The van der Waals surface area contributed by atoms with E-state index in [1.165, 1.54) is 9.90 Å². The van der Waals surface area contributed by atoms with Crippen LogP contribution in [0.15, 0.2) is 39.0 Å². The standard InChI is InChI=1S/C13H15BrN2S2/c1-2-15-7-10-8-18-13(16-10)9-17-12-6-4-3-5-11(12)14/h3-6,8,15H,2,7,9H2,1H3. The van der Waals surface area contributed by atoms with Crippen LogP contribution in [0.5, 0.6) is 0 Å². The molecule has 0 saturated heterocycles. The van der Waals surface area contributed by atoms with Gasteiger partial charge in [-0.15, -0.1) is 23.1 Å². The molecule has 0 aliphatic rings. The van der Waals surface area contributed by atoms with Gasteiger partial charge in [0.15, 0.2) is 0 Å². The Morgan fingerprint density at radius 2 is 2.22 bits per heavy atom. The van der Waals surface area contributed by atoms with Gasteiger partial charge in [-0.05, 0) is 34.6 Å². The van der Waals surface area contributed by atoms with Gasteiger partial charge < -0.3 is 5.32 Å². The van der Waals surface area contributed by atoms with Gasteiger partial charge in [-0.25, -0.2) is 4.98 Å². The van der Waals surface area contributed by atoms with Crippen LogP contribution < -0.4 is 5.32 Å². The first-order chi connectivity index (χ1) is 8.79. The third kappa shape index (κ3) is 4.09. The number of nitrogens with one attached hydrogen (secondary N) is 1. The molecule has 0 saturated carbocycles. The molecule has 0 fully saturated rings. The van der Waals surface area contributed by atoms with Crippen molar-refractivity contribution in [1.29, 1.82) is 0 Å². The van der Waals surface area contributed by atoms with E-state index >= 15 is 0 Å². The molecule has 1 N–H and O–H groups in total. The van der Waals surface area contributed by atoms with Crippen molar-refractivity contribution in [2.24, 2.45) is 0 Å². The summed E-state index contributed by atoms with van der Waals surface area (Å²) < 4.78 is 1.15. The van der Waals surface area contributed by atoms with Gasteiger partial charge >= 0.3 is 0 Å². The Labute approximate surface area is 124 Å². The van der Waals surface area contributed by atoms with E-state index in [9.17, 15) is 0 Å². The van der Waals surface area contributed by atoms with Crippen LogP contribution in [0, 0.1) is 0 Å². The number of rotatable bonds is 6. The van der Waals surface area contributed by atoms with E-state index in [-0.39, 0.29) is 0 Å². The summed E-state index contributed by atoms with van der Waals surface area (Å²) in [6.45, 7) is 3.96. The van der Waals surface area contributed by atoms with E-state index in [0.717, 1.165) is 29.0 Å². The summed E-state index contributed by atoms with van der Waals surface area (Å²) in [4.78, 5) is 5.88.